The standard InChI is InChI=1S/C6H5N3O4.C2H4O/c10-8(11)7(9(12)13)6-4-2-1-3-5-6;1-2-3-1/h1-5H;1-2H2. The van der Waals surface area contributed by atoms with Crippen LogP contribution in [0, 0.1) is 20.2 Å². The van der Waals surface area contributed by atoms with Crippen molar-refractivity contribution in [3.05, 3.63) is 50.6 Å². The van der Waals surface area contributed by atoms with Gasteiger partial charge in [0, 0.05) is 0 Å². The first-order valence-electron chi connectivity index (χ1n) is 4.34. The molecule has 0 aromatic heterocycles. The van der Waals surface area contributed by atoms with E-state index < -0.39 is 10.1 Å². The molecule has 8 heteroatoms. The molecule has 1 heterocycles. The fraction of sp³-hybridized carbons (Fsp3) is 0.250. The molecule has 8 nitrogen and oxygen atoms in total. The molecule has 0 spiro atoms. The summed E-state index contributed by atoms with van der Waals surface area (Å²) in [6.07, 6.45) is 0. The SMILES string of the molecule is C1CO1.O=[N+]([O-])N(c1ccccc1)[N+](=O)[O-]. The zero-order valence-electron chi connectivity index (χ0n) is 8.18. The van der Waals surface area contributed by atoms with Gasteiger partial charge in [-0.1, -0.05) is 18.2 Å². The minimum absolute atomic E-state index is 0.0856. The Balaban J connectivity index is 0.000000365. The van der Waals surface area contributed by atoms with Crippen LogP contribution in [0.2, 0.25) is 0 Å². The lowest BCUT2D eigenvalue weighted by atomic mass is 10.3. The van der Waals surface area contributed by atoms with E-state index in [0.29, 0.717) is 0 Å². The third-order valence-corrected chi connectivity index (χ3v) is 1.50. The van der Waals surface area contributed by atoms with Crippen LogP contribution in [0.5, 0.6) is 0 Å². The second-order valence-corrected chi connectivity index (χ2v) is 2.71. The molecule has 1 aliphatic rings. The summed E-state index contributed by atoms with van der Waals surface area (Å²) < 4.78 is 4.50. The fourth-order valence-electron chi connectivity index (χ4n) is 0.810. The molecule has 0 saturated carbocycles. The number of anilines is 1. The number of hydrogen-bond acceptors (Lipinski definition) is 5. The summed E-state index contributed by atoms with van der Waals surface area (Å²) in [7, 11) is 0. The van der Waals surface area contributed by atoms with Gasteiger partial charge in [0.1, 0.15) is 0 Å². The Kier molecular flexibility index (Phi) is 4.16. The van der Waals surface area contributed by atoms with E-state index >= 15 is 0 Å². The summed E-state index contributed by atoms with van der Waals surface area (Å²) in [5, 5.41) is 18.1. The number of epoxide rings is 1. The third kappa shape index (κ3) is 3.88. The smallest absolute Gasteiger partial charge is 0.228 e. The van der Waals surface area contributed by atoms with Crippen LogP contribution in [-0.2, 0) is 4.74 Å². The van der Waals surface area contributed by atoms with Gasteiger partial charge in [-0.15, -0.1) is 0 Å². The van der Waals surface area contributed by atoms with Crippen LogP contribution in [-0.4, -0.2) is 23.3 Å². The summed E-state index contributed by atoms with van der Waals surface area (Å²) in [6, 6.07) is 7.14. The van der Waals surface area contributed by atoms with Gasteiger partial charge in [0.2, 0.25) is 10.1 Å². The van der Waals surface area contributed by atoms with Gasteiger partial charge in [0.25, 0.3) is 0 Å². The topological polar surface area (TPSA) is 102 Å². The summed E-state index contributed by atoms with van der Waals surface area (Å²) >= 11 is 0. The second kappa shape index (κ2) is 5.61. The van der Waals surface area contributed by atoms with E-state index in [2.05, 4.69) is 4.74 Å². The van der Waals surface area contributed by atoms with Gasteiger partial charge in [0.05, 0.1) is 13.2 Å². The van der Waals surface area contributed by atoms with Gasteiger partial charge in [0.15, 0.2) is 10.8 Å². The number of rotatable bonds is 3. The molecule has 0 unspecified atom stereocenters. The Morgan fingerprint density at radius 3 is 1.81 bits per heavy atom. The molecule has 16 heavy (non-hydrogen) atoms. The maximum absolute atomic E-state index is 10.2. The zero-order chi connectivity index (χ0) is 12.0. The second-order valence-electron chi connectivity index (χ2n) is 2.71. The van der Waals surface area contributed by atoms with Crippen LogP contribution in [0.25, 0.3) is 0 Å². The fourth-order valence-corrected chi connectivity index (χ4v) is 0.810. The van der Waals surface area contributed by atoms with Crippen molar-refractivity contribution in [2.24, 2.45) is 0 Å². The van der Waals surface area contributed by atoms with Crippen LogP contribution in [0.15, 0.2) is 30.3 Å². The van der Waals surface area contributed by atoms with Crippen molar-refractivity contribution in [2.45, 2.75) is 0 Å². The highest BCUT2D eigenvalue weighted by Gasteiger charge is 2.29. The van der Waals surface area contributed by atoms with E-state index in [-0.39, 0.29) is 10.8 Å². The van der Waals surface area contributed by atoms with Crippen molar-refractivity contribution in [2.75, 3.05) is 18.3 Å². The highest BCUT2D eigenvalue weighted by atomic mass is 16.8. The van der Waals surface area contributed by atoms with Crippen LogP contribution in [0.4, 0.5) is 5.69 Å². The lowest BCUT2D eigenvalue weighted by molar-refractivity contribution is -0.711. The van der Waals surface area contributed by atoms with E-state index in [1.165, 1.54) is 24.3 Å². The predicted molar refractivity (Wildman–Crippen MR) is 53.7 cm³/mol. The van der Waals surface area contributed by atoms with E-state index in [0.717, 1.165) is 13.2 Å². The molecule has 1 fully saturated rings. The molecule has 0 bridgehead atoms. The van der Waals surface area contributed by atoms with Crippen molar-refractivity contribution >= 4 is 5.69 Å². The highest BCUT2D eigenvalue weighted by Crippen LogP contribution is 2.12. The van der Waals surface area contributed by atoms with Crippen LogP contribution in [0.1, 0.15) is 0 Å². The number of nitro groups is 2. The number of para-hydroxylation sites is 1. The zero-order valence-corrected chi connectivity index (χ0v) is 8.18. The Morgan fingerprint density at radius 1 is 1.06 bits per heavy atom. The monoisotopic (exact) mass is 227 g/mol. The van der Waals surface area contributed by atoms with Crippen LogP contribution in [0.3, 0.4) is 0 Å². The number of hydrogen-bond donors (Lipinski definition) is 0. The average Bonchev–Trinajstić information content (AvgIpc) is 3.04. The van der Waals surface area contributed by atoms with Crippen molar-refractivity contribution in [3.8, 4) is 0 Å². The molecular weight excluding hydrogens is 218 g/mol. The van der Waals surface area contributed by atoms with Crippen molar-refractivity contribution < 1.29 is 14.8 Å². The van der Waals surface area contributed by atoms with Crippen molar-refractivity contribution in [1.29, 1.82) is 0 Å². The third-order valence-electron chi connectivity index (χ3n) is 1.50. The molecule has 0 radical (unpaired) electrons. The summed E-state index contributed by atoms with van der Waals surface area (Å²) in [6.45, 7) is 2.00. The van der Waals surface area contributed by atoms with Gasteiger partial charge >= 0.3 is 0 Å². The molecule has 0 atom stereocenters. The predicted octanol–water partition coefficient (Wildman–Crippen LogP) is 0.893. The first-order chi connectivity index (χ1) is 7.63. The van der Waals surface area contributed by atoms with Gasteiger partial charge < -0.3 is 4.74 Å². The molecule has 1 aromatic rings. The van der Waals surface area contributed by atoms with Gasteiger partial charge in [-0.25, -0.2) is 20.2 Å². The van der Waals surface area contributed by atoms with E-state index in [4.69, 9.17) is 0 Å². The molecule has 1 aromatic carbocycles. The molecule has 0 N–H and O–H groups in total. The Labute approximate surface area is 90.3 Å². The van der Waals surface area contributed by atoms with Crippen molar-refractivity contribution in [3.63, 3.8) is 0 Å². The first kappa shape index (κ1) is 11.9. The molecular formula is C8H9N3O5. The largest absolute Gasteiger partial charge is 0.377 e. The van der Waals surface area contributed by atoms with E-state index in [1.54, 1.807) is 6.07 Å². The normalized spacial score (nSPS) is 12.0. The molecule has 1 saturated heterocycles. The summed E-state index contributed by atoms with van der Waals surface area (Å²) in [5.74, 6) is 0. The minimum Gasteiger partial charge on any atom is -0.377 e. The first-order valence-corrected chi connectivity index (χ1v) is 4.34. The maximum Gasteiger partial charge on any atom is 0.228 e. The Bertz CT molecular complexity index is 350. The molecule has 2 rings (SSSR count). The summed E-state index contributed by atoms with van der Waals surface area (Å²) in [5.41, 5.74) is -0.0856. The van der Waals surface area contributed by atoms with Gasteiger partial charge in [-0.05, 0) is 12.1 Å². The van der Waals surface area contributed by atoms with Crippen LogP contribution < -0.4 is 5.12 Å². The molecule has 86 valence electrons. The summed E-state index contributed by atoms with van der Waals surface area (Å²) in [4.78, 5) is 20.5. The average molecular weight is 227 g/mol. The van der Waals surface area contributed by atoms with Gasteiger partial charge in [-0.3, -0.25) is 0 Å². The minimum atomic E-state index is -1.09. The molecule has 0 aliphatic carbocycles. The number of benzene rings is 1. The highest BCUT2D eigenvalue weighted by molar-refractivity contribution is 5.40. The molecule has 0 amide bonds. The van der Waals surface area contributed by atoms with E-state index in [1.807, 2.05) is 0 Å². The maximum atomic E-state index is 10.2. The van der Waals surface area contributed by atoms with Gasteiger partial charge in [-0.2, -0.15) is 0 Å². The van der Waals surface area contributed by atoms with E-state index in [9.17, 15) is 20.2 Å². The van der Waals surface area contributed by atoms with Crippen molar-refractivity contribution in [1.82, 2.24) is 0 Å². The lowest BCUT2D eigenvalue weighted by Crippen LogP contribution is -2.35. The Hall–Kier alpha value is -2.22. The number of ether oxygens (including phenoxy) is 1. The lowest BCUT2D eigenvalue weighted by Gasteiger charge is -2.01. The number of nitrogens with zero attached hydrogens (tertiary/aromatic N) is 3. The molecule has 1 aliphatic heterocycles. The van der Waals surface area contributed by atoms with Crippen LogP contribution >= 0.6 is 0 Å². The quantitative estimate of drug-likeness (QED) is 0.431. The Morgan fingerprint density at radius 2 is 1.50 bits per heavy atom. The number of hydrazine groups is 2.